The Labute approximate surface area is 85.2 Å². The van der Waals surface area contributed by atoms with Crippen LogP contribution in [-0.4, -0.2) is 35.2 Å². The van der Waals surface area contributed by atoms with Gasteiger partial charge in [0.1, 0.15) is 0 Å². The minimum atomic E-state index is -0.466. The van der Waals surface area contributed by atoms with Gasteiger partial charge >= 0.3 is 0 Å². The van der Waals surface area contributed by atoms with E-state index in [0.29, 0.717) is 5.92 Å². The van der Waals surface area contributed by atoms with Crippen LogP contribution >= 0.6 is 11.6 Å². The third kappa shape index (κ3) is 2.46. The molecule has 3 heteroatoms. The van der Waals surface area contributed by atoms with Crippen LogP contribution in [0.1, 0.15) is 20.8 Å². The fourth-order valence-electron chi connectivity index (χ4n) is 1.59. The maximum atomic E-state index is 9.95. The van der Waals surface area contributed by atoms with Crippen molar-refractivity contribution in [2.75, 3.05) is 19.6 Å². The number of nitrogens with zero attached hydrogens (tertiary/aromatic N) is 1. The summed E-state index contributed by atoms with van der Waals surface area (Å²) in [6.07, 6.45) is 0. The number of halogens is 1. The van der Waals surface area contributed by atoms with Gasteiger partial charge in [-0.2, -0.15) is 0 Å². The van der Waals surface area contributed by atoms with Crippen molar-refractivity contribution in [3.05, 3.63) is 11.1 Å². The Morgan fingerprint density at radius 2 is 2.15 bits per heavy atom. The summed E-state index contributed by atoms with van der Waals surface area (Å²) in [5, 5.41) is 9.95. The molecular formula is C10H18ClNO. The predicted molar refractivity (Wildman–Crippen MR) is 55.8 cm³/mol. The van der Waals surface area contributed by atoms with E-state index in [4.69, 9.17) is 11.6 Å². The number of β-amino-alcohol motifs (C(OH)–C–C–N with tert-alkyl or cyclic N) is 1. The van der Waals surface area contributed by atoms with E-state index in [-0.39, 0.29) is 0 Å². The highest BCUT2D eigenvalue weighted by Gasteiger charge is 2.43. The van der Waals surface area contributed by atoms with Gasteiger partial charge in [0.05, 0.1) is 5.60 Å². The van der Waals surface area contributed by atoms with Crippen LogP contribution in [0.3, 0.4) is 0 Å². The van der Waals surface area contributed by atoms with Gasteiger partial charge in [-0.3, -0.25) is 4.90 Å². The lowest BCUT2D eigenvalue weighted by Crippen LogP contribution is -2.64. The van der Waals surface area contributed by atoms with Gasteiger partial charge in [-0.05, 0) is 18.4 Å². The van der Waals surface area contributed by atoms with Crippen molar-refractivity contribution in [3.8, 4) is 0 Å². The van der Waals surface area contributed by atoms with Gasteiger partial charge < -0.3 is 5.11 Å². The molecule has 0 aromatic rings. The van der Waals surface area contributed by atoms with E-state index in [9.17, 15) is 5.11 Å². The van der Waals surface area contributed by atoms with Crippen molar-refractivity contribution < 1.29 is 5.11 Å². The van der Waals surface area contributed by atoms with Crippen LogP contribution in [-0.2, 0) is 0 Å². The summed E-state index contributed by atoms with van der Waals surface area (Å²) in [5.41, 5.74) is 2.28. The molecule has 76 valence electrons. The molecule has 0 bridgehead atoms. The highest BCUT2D eigenvalue weighted by Crippen LogP contribution is 2.28. The van der Waals surface area contributed by atoms with Crippen LogP contribution in [0.25, 0.3) is 0 Å². The summed E-state index contributed by atoms with van der Waals surface area (Å²) in [6, 6.07) is 0. The lowest BCUT2D eigenvalue weighted by molar-refractivity contribution is -0.123. The molecule has 1 rings (SSSR count). The van der Waals surface area contributed by atoms with Gasteiger partial charge in [0.25, 0.3) is 0 Å². The molecule has 1 heterocycles. The third-order valence-electron chi connectivity index (χ3n) is 2.73. The second-order valence-corrected chi connectivity index (χ2v) is 4.58. The summed E-state index contributed by atoms with van der Waals surface area (Å²) in [7, 11) is 0. The van der Waals surface area contributed by atoms with Crippen molar-refractivity contribution in [1.29, 1.82) is 0 Å². The molecule has 1 fully saturated rings. The van der Waals surface area contributed by atoms with Gasteiger partial charge in [-0.25, -0.2) is 0 Å². The topological polar surface area (TPSA) is 23.5 Å². The van der Waals surface area contributed by atoms with Crippen molar-refractivity contribution in [3.63, 3.8) is 0 Å². The fourth-order valence-corrected chi connectivity index (χ4v) is 1.66. The first-order chi connectivity index (χ1) is 5.98. The number of hydrogen-bond donors (Lipinski definition) is 1. The van der Waals surface area contributed by atoms with Gasteiger partial charge in [0.15, 0.2) is 0 Å². The molecule has 0 unspecified atom stereocenters. The molecule has 13 heavy (non-hydrogen) atoms. The zero-order valence-electron chi connectivity index (χ0n) is 8.55. The first-order valence-electron chi connectivity index (χ1n) is 4.68. The average Bonchev–Trinajstić information content (AvgIpc) is 2.00. The molecule has 0 aliphatic carbocycles. The van der Waals surface area contributed by atoms with Crippen LogP contribution in [0.15, 0.2) is 11.1 Å². The summed E-state index contributed by atoms with van der Waals surface area (Å²) < 4.78 is 0. The van der Waals surface area contributed by atoms with E-state index in [1.165, 1.54) is 0 Å². The maximum Gasteiger partial charge on any atom is 0.0923 e. The Balaban J connectivity index is 2.33. The molecule has 0 spiro atoms. The first kappa shape index (κ1) is 11.0. The molecular weight excluding hydrogens is 186 g/mol. The lowest BCUT2D eigenvalue weighted by Gasteiger charge is -2.49. The smallest absolute Gasteiger partial charge is 0.0923 e. The van der Waals surface area contributed by atoms with Crippen LogP contribution < -0.4 is 0 Å². The molecule has 0 aromatic heterocycles. The van der Waals surface area contributed by atoms with E-state index < -0.39 is 5.60 Å². The number of hydrogen-bond acceptors (Lipinski definition) is 2. The molecule has 0 amide bonds. The molecule has 0 radical (unpaired) electrons. The Hall–Kier alpha value is -0.0500. The lowest BCUT2D eigenvalue weighted by atomic mass is 9.83. The molecule has 0 saturated carbocycles. The molecule has 2 nitrogen and oxygen atoms in total. The van der Waals surface area contributed by atoms with Crippen molar-refractivity contribution in [2.24, 2.45) is 5.92 Å². The summed E-state index contributed by atoms with van der Waals surface area (Å²) in [6.45, 7) is 8.53. The van der Waals surface area contributed by atoms with Gasteiger partial charge in [0.2, 0.25) is 0 Å². The third-order valence-corrected chi connectivity index (χ3v) is 3.10. The first-order valence-corrected chi connectivity index (χ1v) is 5.12. The van der Waals surface area contributed by atoms with Crippen LogP contribution in [0.4, 0.5) is 0 Å². The molecule has 1 N–H and O–H groups in total. The quantitative estimate of drug-likeness (QED) is 0.757. The van der Waals surface area contributed by atoms with Gasteiger partial charge in [-0.1, -0.05) is 25.4 Å². The van der Waals surface area contributed by atoms with Gasteiger partial charge in [-0.15, -0.1) is 0 Å². The normalized spacial score (nSPS) is 23.4. The van der Waals surface area contributed by atoms with Crippen molar-refractivity contribution >= 4 is 11.6 Å². The van der Waals surface area contributed by atoms with E-state index in [0.717, 1.165) is 25.2 Å². The van der Waals surface area contributed by atoms with Gasteiger partial charge in [0, 0.05) is 25.2 Å². The monoisotopic (exact) mass is 203 g/mol. The number of aliphatic hydroxyl groups is 1. The van der Waals surface area contributed by atoms with Crippen LogP contribution in [0.2, 0.25) is 0 Å². The van der Waals surface area contributed by atoms with E-state index in [1.807, 2.05) is 6.92 Å². The highest BCUT2D eigenvalue weighted by molar-refractivity contribution is 6.25. The van der Waals surface area contributed by atoms with Crippen LogP contribution in [0, 0.1) is 5.92 Å². The molecule has 1 saturated heterocycles. The Morgan fingerprint density at radius 3 is 2.54 bits per heavy atom. The Kier molecular flexibility index (Phi) is 3.38. The SMILES string of the molecule is C/C(=C\Cl)CN1CC(O)(C(C)C)C1. The maximum absolute atomic E-state index is 9.95. The molecule has 0 aromatic carbocycles. The van der Waals surface area contributed by atoms with E-state index >= 15 is 0 Å². The van der Waals surface area contributed by atoms with Crippen LogP contribution in [0.5, 0.6) is 0 Å². The van der Waals surface area contributed by atoms with Crippen molar-refractivity contribution in [1.82, 2.24) is 4.90 Å². The molecule has 1 aliphatic heterocycles. The standard InChI is InChI=1S/C10H18ClNO/c1-8(2)10(13)6-12(7-10)5-9(3)4-11/h4,8,13H,5-7H2,1-3H3/b9-4+. The zero-order chi connectivity index (χ0) is 10.1. The van der Waals surface area contributed by atoms with E-state index in [1.54, 1.807) is 5.54 Å². The number of rotatable bonds is 3. The molecule has 1 aliphatic rings. The Morgan fingerprint density at radius 1 is 1.62 bits per heavy atom. The largest absolute Gasteiger partial charge is 0.387 e. The summed E-state index contributed by atoms with van der Waals surface area (Å²) in [4.78, 5) is 2.20. The van der Waals surface area contributed by atoms with E-state index in [2.05, 4.69) is 18.7 Å². The summed E-state index contributed by atoms with van der Waals surface area (Å²) in [5.74, 6) is 0.337. The second kappa shape index (κ2) is 3.99. The second-order valence-electron chi connectivity index (χ2n) is 4.36. The summed E-state index contributed by atoms with van der Waals surface area (Å²) >= 11 is 5.56. The molecule has 0 atom stereocenters. The Bertz CT molecular complexity index is 207. The average molecular weight is 204 g/mol. The zero-order valence-corrected chi connectivity index (χ0v) is 9.30. The number of likely N-dealkylation sites (tertiary alicyclic amines) is 1. The fraction of sp³-hybridized carbons (Fsp3) is 0.800. The van der Waals surface area contributed by atoms with Crippen molar-refractivity contribution in [2.45, 2.75) is 26.4 Å². The highest BCUT2D eigenvalue weighted by atomic mass is 35.5. The predicted octanol–water partition coefficient (Wildman–Crippen LogP) is 1.83. The minimum absolute atomic E-state index is 0.337. The minimum Gasteiger partial charge on any atom is -0.387 e.